The summed E-state index contributed by atoms with van der Waals surface area (Å²) < 4.78 is 15.6. The maximum Gasteiger partial charge on any atom is 0.126 e. The van der Waals surface area contributed by atoms with E-state index in [9.17, 15) is 4.39 Å². The Bertz CT molecular complexity index is 575. The standard InChI is InChI=1S/C15H14Br2FNS/c16-11-1-4-14(5-2-11)20-9-13(19)8-10-7-12(17)3-6-15(10)18/h1-7,13H,8-9,19H2. The molecule has 20 heavy (non-hydrogen) atoms. The molecule has 0 aliphatic carbocycles. The lowest BCUT2D eigenvalue weighted by Crippen LogP contribution is -2.26. The molecule has 0 saturated heterocycles. The van der Waals surface area contributed by atoms with E-state index >= 15 is 0 Å². The van der Waals surface area contributed by atoms with E-state index in [0.29, 0.717) is 12.0 Å². The van der Waals surface area contributed by atoms with E-state index in [1.54, 1.807) is 23.9 Å². The lowest BCUT2D eigenvalue weighted by molar-refractivity contribution is 0.597. The lowest BCUT2D eigenvalue weighted by atomic mass is 10.1. The minimum atomic E-state index is -0.197. The van der Waals surface area contributed by atoms with Crippen LogP contribution in [0.4, 0.5) is 4.39 Å². The maximum atomic E-state index is 13.6. The molecule has 2 aromatic carbocycles. The number of hydrogen-bond acceptors (Lipinski definition) is 2. The van der Waals surface area contributed by atoms with Crippen molar-refractivity contribution >= 4 is 43.6 Å². The molecule has 0 spiro atoms. The fraction of sp³-hybridized carbons (Fsp3) is 0.200. The molecular weight excluding hydrogens is 405 g/mol. The third-order valence-corrected chi connectivity index (χ3v) is 4.99. The normalized spacial score (nSPS) is 12.4. The average Bonchev–Trinajstić information content (AvgIpc) is 2.42. The Hall–Kier alpha value is -0.360. The number of benzene rings is 2. The largest absolute Gasteiger partial charge is 0.327 e. The van der Waals surface area contributed by atoms with Gasteiger partial charge in [0.25, 0.3) is 0 Å². The van der Waals surface area contributed by atoms with Gasteiger partial charge in [-0.3, -0.25) is 0 Å². The number of nitrogens with two attached hydrogens (primary N) is 1. The number of rotatable bonds is 5. The van der Waals surface area contributed by atoms with Gasteiger partial charge in [0, 0.05) is 25.6 Å². The molecule has 0 fully saturated rings. The van der Waals surface area contributed by atoms with Gasteiger partial charge in [0.05, 0.1) is 0 Å². The van der Waals surface area contributed by atoms with E-state index in [1.165, 1.54) is 11.0 Å². The third kappa shape index (κ3) is 4.88. The molecule has 0 aromatic heterocycles. The van der Waals surface area contributed by atoms with Gasteiger partial charge in [-0.25, -0.2) is 4.39 Å². The zero-order valence-electron chi connectivity index (χ0n) is 10.7. The topological polar surface area (TPSA) is 26.0 Å². The Balaban J connectivity index is 1.90. The second-order valence-electron chi connectivity index (χ2n) is 4.46. The molecule has 2 aromatic rings. The second kappa shape index (κ2) is 7.59. The molecule has 0 aliphatic rings. The molecule has 0 amide bonds. The Labute approximate surface area is 139 Å². The number of thioether (sulfide) groups is 1. The van der Waals surface area contributed by atoms with Crippen molar-refractivity contribution in [2.24, 2.45) is 5.73 Å². The summed E-state index contributed by atoms with van der Waals surface area (Å²) in [6.07, 6.45) is 0.537. The van der Waals surface area contributed by atoms with Gasteiger partial charge in [-0.2, -0.15) is 0 Å². The van der Waals surface area contributed by atoms with Gasteiger partial charge >= 0.3 is 0 Å². The van der Waals surface area contributed by atoms with Crippen LogP contribution in [0.2, 0.25) is 0 Å². The first-order chi connectivity index (χ1) is 9.54. The van der Waals surface area contributed by atoms with Gasteiger partial charge in [0.15, 0.2) is 0 Å². The maximum absolute atomic E-state index is 13.6. The molecule has 2 rings (SSSR count). The van der Waals surface area contributed by atoms with E-state index in [4.69, 9.17) is 5.73 Å². The van der Waals surface area contributed by atoms with E-state index in [2.05, 4.69) is 31.9 Å². The van der Waals surface area contributed by atoms with E-state index in [0.717, 1.165) is 14.7 Å². The fourth-order valence-corrected chi connectivity index (χ4v) is 3.30. The van der Waals surface area contributed by atoms with Crippen molar-refractivity contribution in [3.63, 3.8) is 0 Å². The minimum Gasteiger partial charge on any atom is -0.327 e. The average molecular weight is 419 g/mol. The van der Waals surface area contributed by atoms with Crippen molar-refractivity contribution in [2.45, 2.75) is 17.4 Å². The summed E-state index contributed by atoms with van der Waals surface area (Å²) in [7, 11) is 0. The predicted octanol–water partition coefficient (Wildman–Crippen LogP) is 5.01. The quantitative estimate of drug-likeness (QED) is 0.690. The van der Waals surface area contributed by atoms with Crippen LogP contribution in [0.15, 0.2) is 56.3 Å². The summed E-state index contributed by atoms with van der Waals surface area (Å²) in [5.74, 6) is 0.561. The predicted molar refractivity (Wildman–Crippen MR) is 90.6 cm³/mol. The molecule has 1 atom stereocenters. The smallest absolute Gasteiger partial charge is 0.126 e. The van der Waals surface area contributed by atoms with Crippen molar-refractivity contribution in [2.75, 3.05) is 5.75 Å². The van der Waals surface area contributed by atoms with Crippen LogP contribution >= 0.6 is 43.6 Å². The Kier molecular flexibility index (Phi) is 6.08. The van der Waals surface area contributed by atoms with Crippen LogP contribution in [-0.4, -0.2) is 11.8 Å². The van der Waals surface area contributed by atoms with Crippen LogP contribution < -0.4 is 5.73 Å². The van der Waals surface area contributed by atoms with Gasteiger partial charge < -0.3 is 5.73 Å². The van der Waals surface area contributed by atoms with Crippen LogP contribution in [0.1, 0.15) is 5.56 Å². The van der Waals surface area contributed by atoms with Crippen LogP contribution in [-0.2, 0) is 6.42 Å². The zero-order chi connectivity index (χ0) is 14.5. The highest BCUT2D eigenvalue weighted by Crippen LogP contribution is 2.22. The molecule has 0 heterocycles. The SMILES string of the molecule is NC(CSc1ccc(Br)cc1)Cc1cc(Br)ccc1F. The van der Waals surface area contributed by atoms with Gasteiger partial charge in [-0.05, 0) is 54.4 Å². The first-order valence-electron chi connectivity index (χ1n) is 6.12. The summed E-state index contributed by atoms with van der Waals surface area (Å²) >= 11 is 8.44. The van der Waals surface area contributed by atoms with E-state index in [1.807, 2.05) is 24.3 Å². The van der Waals surface area contributed by atoms with Gasteiger partial charge in [-0.1, -0.05) is 31.9 Å². The summed E-state index contributed by atoms with van der Waals surface area (Å²) in [6, 6.07) is 13.0. The molecule has 1 unspecified atom stereocenters. The molecular formula is C15H14Br2FNS. The van der Waals surface area contributed by atoms with Crippen LogP contribution in [0, 0.1) is 5.82 Å². The first-order valence-corrected chi connectivity index (χ1v) is 8.69. The molecule has 106 valence electrons. The summed E-state index contributed by atoms with van der Waals surface area (Å²) in [6.45, 7) is 0. The minimum absolute atomic E-state index is 0.0764. The molecule has 0 aliphatic heterocycles. The Morgan fingerprint density at radius 2 is 1.70 bits per heavy atom. The monoisotopic (exact) mass is 417 g/mol. The highest BCUT2D eigenvalue weighted by atomic mass is 79.9. The fourth-order valence-electron chi connectivity index (χ4n) is 1.78. The van der Waals surface area contributed by atoms with Crippen molar-refractivity contribution < 1.29 is 4.39 Å². The molecule has 5 heteroatoms. The molecule has 2 N–H and O–H groups in total. The van der Waals surface area contributed by atoms with Crippen LogP contribution in [0.25, 0.3) is 0 Å². The third-order valence-electron chi connectivity index (χ3n) is 2.77. The van der Waals surface area contributed by atoms with Crippen molar-refractivity contribution in [1.82, 2.24) is 0 Å². The second-order valence-corrected chi connectivity index (χ2v) is 7.39. The van der Waals surface area contributed by atoms with Crippen molar-refractivity contribution in [1.29, 1.82) is 0 Å². The van der Waals surface area contributed by atoms with E-state index < -0.39 is 0 Å². The van der Waals surface area contributed by atoms with E-state index in [-0.39, 0.29) is 11.9 Å². The summed E-state index contributed by atoms with van der Waals surface area (Å²) in [5, 5.41) is 0. The highest BCUT2D eigenvalue weighted by molar-refractivity contribution is 9.10. The lowest BCUT2D eigenvalue weighted by Gasteiger charge is -2.12. The summed E-state index contributed by atoms with van der Waals surface area (Å²) in [4.78, 5) is 1.17. The zero-order valence-corrected chi connectivity index (χ0v) is 14.6. The molecule has 1 nitrogen and oxygen atoms in total. The first kappa shape index (κ1) is 16.0. The van der Waals surface area contributed by atoms with Gasteiger partial charge in [-0.15, -0.1) is 11.8 Å². The van der Waals surface area contributed by atoms with Crippen LogP contribution in [0.5, 0.6) is 0 Å². The Morgan fingerprint density at radius 1 is 1.05 bits per heavy atom. The molecule has 0 radical (unpaired) electrons. The van der Waals surface area contributed by atoms with Crippen LogP contribution in [0.3, 0.4) is 0 Å². The summed E-state index contributed by atoms with van der Waals surface area (Å²) in [5.41, 5.74) is 6.75. The Morgan fingerprint density at radius 3 is 2.40 bits per heavy atom. The highest BCUT2D eigenvalue weighted by Gasteiger charge is 2.09. The molecule has 0 bridgehead atoms. The number of hydrogen-bond donors (Lipinski definition) is 1. The van der Waals surface area contributed by atoms with Crippen molar-refractivity contribution in [3.8, 4) is 0 Å². The molecule has 0 saturated carbocycles. The number of halogens is 3. The van der Waals surface area contributed by atoms with Gasteiger partial charge in [0.2, 0.25) is 0 Å². The van der Waals surface area contributed by atoms with Crippen molar-refractivity contribution in [3.05, 3.63) is 62.8 Å². The van der Waals surface area contributed by atoms with Gasteiger partial charge in [0.1, 0.15) is 5.82 Å².